The van der Waals surface area contributed by atoms with E-state index < -0.39 is 10.5 Å². The number of nitrogens with zero attached hydrogens (tertiary/aromatic N) is 2. The van der Waals surface area contributed by atoms with Gasteiger partial charge in [-0.1, -0.05) is 0 Å². The first-order valence-corrected chi connectivity index (χ1v) is 6.49. The number of anilines is 1. The summed E-state index contributed by atoms with van der Waals surface area (Å²) >= 11 is 0. The number of ether oxygens (including phenoxy) is 1. The fourth-order valence-corrected chi connectivity index (χ4v) is 1.67. The Morgan fingerprint density at radius 1 is 1.45 bits per heavy atom. The quantitative estimate of drug-likeness (QED) is 0.641. The number of nitro groups is 1. The Morgan fingerprint density at radius 2 is 2.05 bits per heavy atom. The van der Waals surface area contributed by atoms with Crippen LogP contribution in [0.2, 0.25) is 0 Å². The second-order valence-corrected chi connectivity index (χ2v) is 5.61. The summed E-state index contributed by atoms with van der Waals surface area (Å²) in [5, 5.41) is 20.4. The topological polar surface area (TPSA) is 75.8 Å². The van der Waals surface area contributed by atoms with Crippen molar-refractivity contribution in [2.24, 2.45) is 0 Å². The third kappa shape index (κ3) is 3.60. The second-order valence-electron chi connectivity index (χ2n) is 5.61. The highest BCUT2D eigenvalue weighted by Crippen LogP contribution is 2.34. The fourth-order valence-electron chi connectivity index (χ4n) is 1.67. The van der Waals surface area contributed by atoms with Gasteiger partial charge in [0.25, 0.3) is 0 Å². The number of hydrogen-bond donors (Lipinski definition) is 1. The SMILES string of the molecule is CC(C)Oc1cc(N(C)C(C)(C)CO)ccc1[N+](=O)[O-]. The number of likely N-dealkylation sites (N-methyl/N-ethyl adjacent to an activating group) is 1. The van der Waals surface area contributed by atoms with Gasteiger partial charge in [-0.25, -0.2) is 0 Å². The number of benzene rings is 1. The van der Waals surface area contributed by atoms with Crippen molar-refractivity contribution in [3.63, 3.8) is 0 Å². The van der Waals surface area contributed by atoms with Crippen LogP contribution in [0.3, 0.4) is 0 Å². The van der Waals surface area contributed by atoms with Gasteiger partial charge in [-0.2, -0.15) is 0 Å². The molecule has 0 saturated heterocycles. The molecule has 20 heavy (non-hydrogen) atoms. The van der Waals surface area contributed by atoms with E-state index in [0.29, 0.717) is 0 Å². The lowest BCUT2D eigenvalue weighted by Crippen LogP contribution is -2.44. The smallest absolute Gasteiger partial charge is 0.311 e. The van der Waals surface area contributed by atoms with Crippen molar-refractivity contribution in [3.8, 4) is 5.75 Å². The van der Waals surface area contributed by atoms with E-state index in [-0.39, 0.29) is 24.1 Å². The maximum absolute atomic E-state index is 11.0. The van der Waals surface area contributed by atoms with Crippen LogP contribution in [0.1, 0.15) is 27.7 Å². The van der Waals surface area contributed by atoms with Crippen molar-refractivity contribution in [2.45, 2.75) is 39.3 Å². The van der Waals surface area contributed by atoms with E-state index in [9.17, 15) is 15.2 Å². The maximum Gasteiger partial charge on any atom is 0.311 e. The first kappa shape index (κ1) is 16.2. The van der Waals surface area contributed by atoms with Crippen LogP contribution in [-0.2, 0) is 0 Å². The highest BCUT2D eigenvalue weighted by atomic mass is 16.6. The van der Waals surface area contributed by atoms with Gasteiger partial charge in [0.1, 0.15) is 0 Å². The van der Waals surface area contributed by atoms with E-state index in [2.05, 4.69) is 0 Å². The fraction of sp³-hybridized carbons (Fsp3) is 0.571. The number of aliphatic hydroxyl groups excluding tert-OH is 1. The van der Waals surface area contributed by atoms with Gasteiger partial charge in [0.15, 0.2) is 5.75 Å². The Kier molecular flexibility index (Phi) is 4.94. The summed E-state index contributed by atoms with van der Waals surface area (Å²) in [6.45, 7) is 7.38. The second kappa shape index (κ2) is 6.09. The molecule has 0 saturated carbocycles. The van der Waals surface area contributed by atoms with Crippen LogP contribution in [-0.4, -0.2) is 35.3 Å². The van der Waals surface area contributed by atoms with Crippen molar-refractivity contribution in [1.29, 1.82) is 0 Å². The summed E-state index contributed by atoms with van der Waals surface area (Å²) in [5.41, 5.74) is 0.230. The minimum Gasteiger partial charge on any atom is -0.484 e. The van der Waals surface area contributed by atoms with Gasteiger partial charge in [0, 0.05) is 24.9 Å². The van der Waals surface area contributed by atoms with E-state index >= 15 is 0 Å². The number of rotatable bonds is 6. The summed E-state index contributed by atoms with van der Waals surface area (Å²) < 4.78 is 5.51. The number of nitro benzene ring substituents is 1. The average Bonchev–Trinajstić information content (AvgIpc) is 2.36. The first-order chi connectivity index (χ1) is 9.19. The lowest BCUT2D eigenvalue weighted by molar-refractivity contribution is -0.386. The van der Waals surface area contributed by atoms with Gasteiger partial charge in [-0.15, -0.1) is 0 Å². The minimum absolute atomic E-state index is 0.0269. The number of aliphatic hydroxyl groups is 1. The van der Waals surface area contributed by atoms with E-state index in [1.807, 2.05) is 39.6 Å². The molecule has 6 heteroatoms. The van der Waals surface area contributed by atoms with E-state index in [1.165, 1.54) is 6.07 Å². The van der Waals surface area contributed by atoms with E-state index in [4.69, 9.17) is 4.74 Å². The maximum atomic E-state index is 11.0. The first-order valence-electron chi connectivity index (χ1n) is 6.49. The van der Waals surface area contributed by atoms with Gasteiger partial charge in [-0.3, -0.25) is 10.1 Å². The summed E-state index contributed by atoms with van der Waals surface area (Å²) in [6.07, 6.45) is -0.153. The molecular weight excluding hydrogens is 260 g/mol. The molecule has 0 bridgehead atoms. The van der Waals surface area contributed by atoms with E-state index in [0.717, 1.165) is 5.69 Å². The van der Waals surface area contributed by atoms with Crippen molar-refractivity contribution in [2.75, 3.05) is 18.6 Å². The standard InChI is InChI=1S/C14H22N2O4/c1-10(2)20-13-8-11(6-7-12(13)16(18)19)15(5)14(3,4)9-17/h6-8,10,17H,9H2,1-5H3. The van der Waals surface area contributed by atoms with Gasteiger partial charge in [0.2, 0.25) is 0 Å². The molecule has 0 atom stereocenters. The molecule has 0 heterocycles. The minimum atomic E-state index is -0.467. The van der Waals surface area contributed by atoms with Gasteiger partial charge in [-0.05, 0) is 33.8 Å². The van der Waals surface area contributed by atoms with E-state index in [1.54, 1.807) is 12.1 Å². The highest BCUT2D eigenvalue weighted by molar-refractivity contribution is 5.60. The molecule has 0 radical (unpaired) electrons. The van der Waals surface area contributed by atoms with Crippen LogP contribution in [0.15, 0.2) is 18.2 Å². The van der Waals surface area contributed by atoms with Crippen LogP contribution in [0, 0.1) is 10.1 Å². The largest absolute Gasteiger partial charge is 0.484 e. The van der Waals surface area contributed by atoms with Crippen molar-refractivity contribution in [3.05, 3.63) is 28.3 Å². The Labute approximate surface area is 119 Å². The molecule has 0 aliphatic rings. The summed E-state index contributed by atoms with van der Waals surface area (Å²) in [7, 11) is 1.83. The zero-order valence-corrected chi connectivity index (χ0v) is 12.6. The molecule has 0 aromatic heterocycles. The molecule has 1 aromatic carbocycles. The molecule has 112 valence electrons. The van der Waals surface area contributed by atoms with Gasteiger partial charge < -0.3 is 14.7 Å². The molecule has 6 nitrogen and oxygen atoms in total. The summed E-state index contributed by atoms with van der Waals surface area (Å²) in [6, 6.07) is 4.72. The predicted octanol–water partition coefficient (Wildman–Crippen LogP) is 2.59. The third-order valence-corrected chi connectivity index (χ3v) is 3.18. The molecule has 0 spiro atoms. The zero-order chi connectivity index (χ0) is 15.5. The molecule has 1 N–H and O–H groups in total. The molecule has 1 rings (SSSR count). The molecular formula is C14H22N2O4. The normalized spacial score (nSPS) is 11.6. The molecule has 0 unspecified atom stereocenters. The molecule has 0 aliphatic heterocycles. The Balaban J connectivity index is 3.21. The summed E-state index contributed by atoms with van der Waals surface area (Å²) in [4.78, 5) is 12.4. The Hall–Kier alpha value is -1.82. The average molecular weight is 282 g/mol. The molecule has 1 aromatic rings. The Bertz CT molecular complexity index is 486. The highest BCUT2D eigenvalue weighted by Gasteiger charge is 2.25. The monoisotopic (exact) mass is 282 g/mol. The van der Waals surface area contributed by atoms with Crippen LogP contribution < -0.4 is 9.64 Å². The van der Waals surface area contributed by atoms with Crippen LogP contribution >= 0.6 is 0 Å². The van der Waals surface area contributed by atoms with Crippen LogP contribution in [0.25, 0.3) is 0 Å². The Morgan fingerprint density at radius 3 is 2.50 bits per heavy atom. The van der Waals surface area contributed by atoms with Gasteiger partial charge in [0.05, 0.1) is 23.2 Å². The lowest BCUT2D eigenvalue weighted by atomic mass is 10.0. The predicted molar refractivity (Wildman–Crippen MR) is 78.4 cm³/mol. The van der Waals surface area contributed by atoms with Crippen LogP contribution in [0.4, 0.5) is 11.4 Å². The number of hydrogen-bond acceptors (Lipinski definition) is 5. The van der Waals surface area contributed by atoms with Crippen molar-refractivity contribution < 1.29 is 14.8 Å². The zero-order valence-electron chi connectivity index (χ0n) is 12.6. The van der Waals surface area contributed by atoms with Crippen molar-refractivity contribution in [1.82, 2.24) is 0 Å². The third-order valence-electron chi connectivity index (χ3n) is 3.18. The molecule has 0 fully saturated rings. The van der Waals surface area contributed by atoms with Gasteiger partial charge >= 0.3 is 5.69 Å². The lowest BCUT2D eigenvalue weighted by Gasteiger charge is -2.36. The summed E-state index contributed by atoms with van der Waals surface area (Å²) in [5.74, 6) is 0.239. The van der Waals surface area contributed by atoms with Crippen LogP contribution in [0.5, 0.6) is 5.75 Å². The van der Waals surface area contributed by atoms with Crippen molar-refractivity contribution >= 4 is 11.4 Å². The molecule has 0 aliphatic carbocycles. The molecule has 0 amide bonds.